The summed E-state index contributed by atoms with van der Waals surface area (Å²) >= 11 is 0. The monoisotopic (exact) mass is 177 g/mol. The van der Waals surface area contributed by atoms with E-state index in [4.69, 9.17) is 11.3 Å². The molecule has 0 unspecified atom stereocenters. The summed E-state index contributed by atoms with van der Waals surface area (Å²) < 4.78 is 18.1. The molecule has 0 atom stereocenters. The zero-order chi connectivity index (χ0) is 9.26. The SMILES string of the molecule is [C-]#[N+]c1cc(F)ccc1OC1CC1. The van der Waals surface area contributed by atoms with E-state index < -0.39 is 5.82 Å². The molecule has 2 nitrogen and oxygen atoms in total. The van der Waals surface area contributed by atoms with Gasteiger partial charge in [-0.05, 0) is 31.0 Å². The van der Waals surface area contributed by atoms with E-state index in [-0.39, 0.29) is 11.8 Å². The summed E-state index contributed by atoms with van der Waals surface area (Å²) in [6, 6.07) is 4.03. The molecule has 1 saturated carbocycles. The van der Waals surface area contributed by atoms with Gasteiger partial charge in [-0.3, -0.25) is 0 Å². The van der Waals surface area contributed by atoms with Gasteiger partial charge in [0.2, 0.25) is 5.69 Å². The molecular formula is C10H8FNO. The zero-order valence-corrected chi connectivity index (χ0v) is 6.96. The highest BCUT2D eigenvalue weighted by Gasteiger charge is 2.24. The van der Waals surface area contributed by atoms with Crippen LogP contribution in [0.4, 0.5) is 10.1 Å². The molecule has 0 saturated heterocycles. The first-order valence-electron chi connectivity index (χ1n) is 4.13. The van der Waals surface area contributed by atoms with Gasteiger partial charge in [-0.1, -0.05) is 0 Å². The van der Waals surface area contributed by atoms with Crippen molar-refractivity contribution in [1.29, 1.82) is 0 Å². The Labute approximate surface area is 75.8 Å². The Kier molecular flexibility index (Phi) is 1.90. The second-order valence-corrected chi connectivity index (χ2v) is 3.04. The van der Waals surface area contributed by atoms with Crippen molar-refractivity contribution in [3.63, 3.8) is 0 Å². The molecule has 3 heteroatoms. The average molecular weight is 177 g/mol. The first-order chi connectivity index (χ1) is 6.29. The number of ether oxygens (including phenoxy) is 1. The van der Waals surface area contributed by atoms with Crippen LogP contribution in [0.2, 0.25) is 0 Å². The molecule has 0 N–H and O–H groups in total. The molecule has 0 aromatic heterocycles. The minimum Gasteiger partial charge on any atom is -0.501 e. The predicted octanol–water partition coefficient (Wildman–Crippen LogP) is 2.92. The fourth-order valence-electron chi connectivity index (χ4n) is 1.04. The van der Waals surface area contributed by atoms with E-state index in [1.165, 1.54) is 18.2 Å². The highest BCUT2D eigenvalue weighted by atomic mass is 19.1. The predicted molar refractivity (Wildman–Crippen MR) is 46.3 cm³/mol. The molecule has 1 fully saturated rings. The first kappa shape index (κ1) is 8.06. The maximum absolute atomic E-state index is 12.7. The van der Waals surface area contributed by atoms with Crippen LogP contribution >= 0.6 is 0 Å². The second-order valence-electron chi connectivity index (χ2n) is 3.04. The molecule has 0 bridgehead atoms. The van der Waals surface area contributed by atoms with Crippen molar-refractivity contribution in [3.8, 4) is 5.75 Å². The van der Waals surface area contributed by atoms with Crippen molar-refractivity contribution in [2.45, 2.75) is 18.9 Å². The maximum Gasteiger partial charge on any atom is 0.231 e. The molecule has 0 spiro atoms. The van der Waals surface area contributed by atoms with Crippen LogP contribution in [0.5, 0.6) is 5.75 Å². The maximum atomic E-state index is 12.7. The molecule has 2 rings (SSSR count). The van der Waals surface area contributed by atoms with Crippen LogP contribution in [0.1, 0.15) is 12.8 Å². The highest BCUT2D eigenvalue weighted by Crippen LogP contribution is 2.33. The lowest BCUT2D eigenvalue weighted by molar-refractivity contribution is 0.305. The van der Waals surface area contributed by atoms with E-state index in [2.05, 4.69) is 4.85 Å². The quantitative estimate of drug-likeness (QED) is 0.633. The summed E-state index contributed by atoms with van der Waals surface area (Å²) in [7, 11) is 0. The van der Waals surface area contributed by atoms with Gasteiger partial charge in [0, 0.05) is 0 Å². The molecule has 13 heavy (non-hydrogen) atoms. The fourth-order valence-corrected chi connectivity index (χ4v) is 1.04. The van der Waals surface area contributed by atoms with Crippen LogP contribution in [0, 0.1) is 12.4 Å². The van der Waals surface area contributed by atoms with Gasteiger partial charge in [-0.25, -0.2) is 9.24 Å². The van der Waals surface area contributed by atoms with Gasteiger partial charge in [0.25, 0.3) is 0 Å². The molecule has 1 aromatic rings. The standard InChI is InChI=1S/C10H8FNO/c1-12-9-6-7(11)2-5-10(9)13-8-3-4-8/h2,5-6,8H,3-4H2. The molecule has 66 valence electrons. The number of halogens is 1. The van der Waals surface area contributed by atoms with Crippen molar-refractivity contribution < 1.29 is 9.13 Å². The minimum atomic E-state index is -0.394. The Balaban J connectivity index is 2.27. The van der Waals surface area contributed by atoms with Gasteiger partial charge >= 0.3 is 0 Å². The van der Waals surface area contributed by atoms with E-state index in [9.17, 15) is 4.39 Å². The van der Waals surface area contributed by atoms with Crippen LogP contribution in [0.15, 0.2) is 18.2 Å². The van der Waals surface area contributed by atoms with Gasteiger partial charge < -0.3 is 4.74 Å². The van der Waals surface area contributed by atoms with Crippen LogP contribution in [0.3, 0.4) is 0 Å². The molecule has 1 aliphatic carbocycles. The Morgan fingerprint density at radius 1 is 1.46 bits per heavy atom. The summed E-state index contributed by atoms with van der Waals surface area (Å²) in [4.78, 5) is 3.20. The van der Waals surface area contributed by atoms with Gasteiger partial charge in [0.1, 0.15) is 11.6 Å². The molecule has 0 heterocycles. The number of benzene rings is 1. The zero-order valence-electron chi connectivity index (χ0n) is 6.96. The summed E-state index contributed by atoms with van der Waals surface area (Å²) in [5.74, 6) is 0.105. The van der Waals surface area contributed by atoms with E-state index >= 15 is 0 Å². The third-order valence-electron chi connectivity index (χ3n) is 1.86. The Morgan fingerprint density at radius 3 is 2.85 bits per heavy atom. The Hall–Kier alpha value is -1.56. The summed E-state index contributed by atoms with van der Waals surface area (Å²) in [5, 5.41) is 0. The number of hydrogen-bond acceptors (Lipinski definition) is 1. The summed E-state index contributed by atoms with van der Waals surface area (Å²) in [5.41, 5.74) is 0.256. The van der Waals surface area contributed by atoms with Crippen LogP contribution in [-0.2, 0) is 0 Å². The summed E-state index contributed by atoms with van der Waals surface area (Å²) in [6.07, 6.45) is 2.31. The minimum absolute atomic E-state index is 0.242. The van der Waals surface area contributed by atoms with E-state index in [1.807, 2.05) is 0 Å². The number of rotatable bonds is 2. The van der Waals surface area contributed by atoms with Crippen LogP contribution in [0.25, 0.3) is 4.85 Å². The fraction of sp³-hybridized carbons (Fsp3) is 0.300. The van der Waals surface area contributed by atoms with Crippen molar-refractivity contribution in [1.82, 2.24) is 0 Å². The van der Waals surface area contributed by atoms with Gasteiger partial charge in [0.05, 0.1) is 12.7 Å². The molecule has 1 aliphatic rings. The molecule has 1 aromatic carbocycles. The number of nitrogens with zero attached hydrogens (tertiary/aromatic N) is 1. The molecule has 0 radical (unpaired) electrons. The molecular weight excluding hydrogens is 169 g/mol. The lowest BCUT2D eigenvalue weighted by atomic mass is 10.3. The normalized spacial score (nSPS) is 15.1. The highest BCUT2D eigenvalue weighted by molar-refractivity contribution is 5.57. The lowest BCUT2D eigenvalue weighted by Crippen LogP contribution is -1.95. The largest absolute Gasteiger partial charge is 0.501 e. The average Bonchev–Trinajstić information content (AvgIpc) is 2.92. The Bertz CT molecular complexity index is 366. The molecule has 0 aliphatic heterocycles. The molecule has 0 amide bonds. The van der Waals surface area contributed by atoms with E-state index in [0.29, 0.717) is 5.75 Å². The van der Waals surface area contributed by atoms with Crippen molar-refractivity contribution >= 4 is 5.69 Å². The smallest absolute Gasteiger partial charge is 0.231 e. The van der Waals surface area contributed by atoms with Gasteiger partial charge in [-0.2, -0.15) is 0 Å². The van der Waals surface area contributed by atoms with Crippen LogP contribution in [-0.4, -0.2) is 6.10 Å². The van der Waals surface area contributed by atoms with Crippen LogP contribution < -0.4 is 4.74 Å². The van der Waals surface area contributed by atoms with Crippen molar-refractivity contribution in [2.24, 2.45) is 0 Å². The van der Waals surface area contributed by atoms with Crippen molar-refractivity contribution in [2.75, 3.05) is 0 Å². The second kappa shape index (κ2) is 3.06. The lowest BCUT2D eigenvalue weighted by Gasteiger charge is -2.05. The topological polar surface area (TPSA) is 13.6 Å². The first-order valence-corrected chi connectivity index (χ1v) is 4.13. The third kappa shape index (κ3) is 1.78. The number of hydrogen-bond donors (Lipinski definition) is 0. The Morgan fingerprint density at radius 2 is 2.23 bits per heavy atom. The summed E-state index contributed by atoms with van der Waals surface area (Å²) in [6.45, 7) is 6.82. The van der Waals surface area contributed by atoms with Gasteiger partial charge in [0.15, 0.2) is 0 Å². The van der Waals surface area contributed by atoms with E-state index in [0.717, 1.165) is 12.8 Å². The third-order valence-corrected chi connectivity index (χ3v) is 1.86. The van der Waals surface area contributed by atoms with Gasteiger partial charge in [-0.15, -0.1) is 0 Å². The van der Waals surface area contributed by atoms with E-state index in [1.54, 1.807) is 0 Å². The van der Waals surface area contributed by atoms with Crippen molar-refractivity contribution in [3.05, 3.63) is 35.4 Å².